The monoisotopic (exact) mass is 620 g/mol. The molecule has 2 N–H and O–H groups in total. The van der Waals surface area contributed by atoms with Gasteiger partial charge in [0.1, 0.15) is 27.8 Å². The molecule has 15 heteroatoms. The first kappa shape index (κ1) is 27.8. The molecule has 0 radical (unpaired) electrons. The number of aliphatic imine (C=N–C) groups is 1. The highest BCUT2D eigenvalue weighted by Gasteiger charge is 2.66. The quantitative estimate of drug-likeness (QED) is 0.224. The molecule has 0 spiro atoms. The highest BCUT2D eigenvalue weighted by Crippen LogP contribution is 2.61. The Balaban J connectivity index is 1.26. The Kier molecular flexibility index (Phi) is 6.49. The number of hydrogen-bond donors (Lipinski definition) is 2. The number of alkyl halides is 3. The number of amides is 1. The minimum Gasteiger partial charge on any atom is -0.402 e. The number of halogens is 4. The maximum absolute atomic E-state index is 14.8. The summed E-state index contributed by atoms with van der Waals surface area (Å²) in [5, 5.41) is 13.2. The number of carbonyl (C=O) groups is 1. The molecular formula is C29H20F4N8O2S. The molecule has 0 saturated heterocycles. The molecule has 0 unspecified atom stereocenters. The van der Waals surface area contributed by atoms with E-state index in [0.717, 1.165) is 11.3 Å². The van der Waals surface area contributed by atoms with E-state index in [-0.39, 0.29) is 41.1 Å². The van der Waals surface area contributed by atoms with Crippen molar-refractivity contribution in [2.75, 3.05) is 10.6 Å². The van der Waals surface area contributed by atoms with E-state index < -0.39 is 29.5 Å². The predicted molar refractivity (Wildman–Crippen MR) is 153 cm³/mol. The van der Waals surface area contributed by atoms with E-state index in [1.54, 1.807) is 37.3 Å². The minimum atomic E-state index is -4.48. The molecule has 1 atom stereocenters. The third-order valence-electron chi connectivity index (χ3n) is 7.33. The highest BCUT2D eigenvalue weighted by atomic mass is 32.1. The summed E-state index contributed by atoms with van der Waals surface area (Å²) >= 11 is 0.869. The van der Waals surface area contributed by atoms with Crippen LogP contribution in [0.3, 0.4) is 0 Å². The molecule has 0 bridgehead atoms. The molecule has 10 nitrogen and oxygen atoms in total. The second kappa shape index (κ2) is 10.3. The average Bonchev–Trinajstić information content (AvgIpc) is 3.56. The number of hydrogen-bond acceptors (Lipinski definition) is 10. The molecule has 3 aromatic heterocycles. The van der Waals surface area contributed by atoms with Crippen LogP contribution in [0.25, 0.3) is 22.0 Å². The van der Waals surface area contributed by atoms with Crippen molar-refractivity contribution in [1.82, 2.24) is 25.1 Å². The van der Waals surface area contributed by atoms with Gasteiger partial charge in [-0.3, -0.25) is 4.79 Å². The first-order valence-electron chi connectivity index (χ1n) is 13.3. The molecule has 222 valence electrons. The predicted octanol–water partition coefficient (Wildman–Crippen LogP) is 5.92. The zero-order valence-corrected chi connectivity index (χ0v) is 23.5. The van der Waals surface area contributed by atoms with Crippen molar-refractivity contribution < 1.29 is 26.8 Å². The Labute approximate surface area is 250 Å². The molecule has 4 heterocycles. The fraction of sp³-hybridized carbons (Fsp3) is 0.207. The second-order valence-corrected chi connectivity index (χ2v) is 11.2. The maximum Gasteiger partial charge on any atom is 0.400 e. The number of carbonyl (C=O) groups excluding carboxylic acids is 1. The summed E-state index contributed by atoms with van der Waals surface area (Å²) in [6.45, 7) is 1.68. The summed E-state index contributed by atoms with van der Waals surface area (Å²) in [5.41, 5.74) is -0.270. The first-order chi connectivity index (χ1) is 21.1. The van der Waals surface area contributed by atoms with Gasteiger partial charge in [0, 0.05) is 29.1 Å². The van der Waals surface area contributed by atoms with Crippen LogP contribution in [0.4, 0.5) is 29.3 Å². The molecule has 1 aliphatic carbocycles. The Morgan fingerprint density at radius 1 is 1.02 bits per heavy atom. The van der Waals surface area contributed by atoms with Gasteiger partial charge in [-0.1, -0.05) is 47.6 Å². The molecule has 1 saturated carbocycles. The smallest absolute Gasteiger partial charge is 0.400 e. The third-order valence-corrected chi connectivity index (χ3v) is 8.64. The number of rotatable bonds is 6. The molecule has 1 aliphatic heterocycles. The van der Waals surface area contributed by atoms with Gasteiger partial charge >= 0.3 is 12.2 Å². The van der Waals surface area contributed by atoms with Gasteiger partial charge < -0.3 is 15.1 Å². The lowest BCUT2D eigenvalue weighted by Crippen LogP contribution is -2.32. The lowest BCUT2D eigenvalue weighted by molar-refractivity contribution is -0.160. The molecule has 1 amide bonds. The number of aromatic nitrogens is 5. The Morgan fingerprint density at radius 3 is 2.48 bits per heavy atom. The molecule has 2 aliphatic rings. The number of thiazole rings is 1. The van der Waals surface area contributed by atoms with Crippen molar-refractivity contribution in [3.05, 3.63) is 88.7 Å². The topological polar surface area (TPSA) is 131 Å². The van der Waals surface area contributed by atoms with Crippen molar-refractivity contribution in [3.8, 4) is 22.0 Å². The van der Waals surface area contributed by atoms with E-state index in [1.807, 2.05) is 6.07 Å². The summed E-state index contributed by atoms with van der Waals surface area (Å²) < 4.78 is 62.6. The van der Waals surface area contributed by atoms with Gasteiger partial charge in [0.2, 0.25) is 6.17 Å². The lowest BCUT2D eigenvalue weighted by atomic mass is 10.0. The van der Waals surface area contributed by atoms with Crippen LogP contribution in [0.5, 0.6) is 0 Å². The molecular weight excluding hydrogens is 600 g/mol. The zero-order valence-electron chi connectivity index (χ0n) is 22.7. The highest BCUT2D eigenvalue weighted by molar-refractivity contribution is 7.15. The minimum absolute atomic E-state index is 0.0294. The van der Waals surface area contributed by atoms with Crippen LogP contribution in [-0.4, -0.2) is 49.1 Å². The maximum atomic E-state index is 14.8. The molecule has 5 aromatic rings. The van der Waals surface area contributed by atoms with E-state index in [2.05, 4.69) is 40.8 Å². The van der Waals surface area contributed by atoms with Crippen molar-refractivity contribution in [2.24, 2.45) is 4.99 Å². The number of para-hydroxylation sites is 1. The number of fused-ring (bicyclic) bond motifs is 1. The van der Waals surface area contributed by atoms with Crippen molar-refractivity contribution in [3.63, 3.8) is 0 Å². The van der Waals surface area contributed by atoms with Gasteiger partial charge in [-0.05, 0) is 25.8 Å². The van der Waals surface area contributed by atoms with Crippen LogP contribution in [-0.2, 0) is 10.2 Å². The molecule has 2 aromatic carbocycles. The molecule has 44 heavy (non-hydrogen) atoms. The Morgan fingerprint density at radius 2 is 1.77 bits per heavy atom. The van der Waals surface area contributed by atoms with Crippen LogP contribution in [0, 0.1) is 12.7 Å². The summed E-state index contributed by atoms with van der Waals surface area (Å²) in [7, 11) is 0. The van der Waals surface area contributed by atoms with Crippen LogP contribution in [0.2, 0.25) is 0 Å². The van der Waals surface area contributed by atoms with E-state index in [1.165, 1.54) is 24.5 Å². The van der Waals surface area contributed by atoms with Crippen LogP contribution >= 0.6 is 11.3 Å². The number of benzene rings is 2. The second-order valence-electron chi connectivity index (χ2n) is 10.3. The summed E-state index contributed by atoms with van der Waals surface area (Å²) in [4.78, 5) is 30.8. The third kappa shape index (κ3) is 4.78. The van der Waals surface area contributed by atoms with Gasteiger partial charge in [-0.15, -0.1) is 16.4 Å². The summed E-state index contributed by atoms with van der Waals surface area (Å²) in [6, 6.07) is 13.1. The normalized spacial score (nSPS) is 17.3. The summed E-state index contributed by atoms with van der Waals surface area (Å²) in [5.74, 6) is -1.03. The van der Waals surface area contributed by atoms with Gasteiger partial charge in [-0.25, -0.2) is 24.3 Å². The van der Waals surface area contributed by atoms with Gasteiger partial charge in [-0.2, -0.15) is 13.2 Å². The standard InChI is InChI=1S/C29H20F4N8O2S/c1-14-34-12-16(13-35-14)22-21(38-26(44-22)28(10-11-28)29(31,32)33)25-40-41-27(43-25)39-23-24(42)37-20-17(8-5-9-18(20)30)19(36-23)15-6-3-2-4-7-15/h2-9,12-13,23H,10-11H2,1H3,(H,37,42)(H,39,41)/t23-/m1/s1. The zero-order chi connectivity index (χ0) is 30.6. The van der Waals surface area contributed by atoms with E-state index in [9.17, 15) is 22.4 Å². The number of aryl methyl sites for hydroxylation is 1. The largest absolute Gasteiger partial charge is 0.402 e. The summed E-state index contributed by atoms with van der Waals surface area (Å²) in [6.07, 6.45) is -3.00. The van der Waals surface area contributed by atoms with Gasteiger partial charge in [0.05, 0.1) is 16.3 Å². The van der Waals surface area contributed by atoms with Gasteiger partial charge in [0.15, 0.2) is 0 Å². The Bertz CT molecular complexity index is 1920. The SMILES string of the molecule is Cc1ncc(-c2sc(C3(C(F)(F)F)CC3)nc2-c2nnc(N[C@H]3N=C(c4ccccc4)c4cccc(F)c4NC3=O)o2)cn1. The lowest BCUT2D eigenvalue weighted by Gasteiger charge is -2.15. The molecule has 1 fully saturated rings. The van der Waals surface area contributed by atoms with Crippen molar-refractivity contribution >= 4 is 34.7 Å². The van der Waals surface area contributed by atoms with Crippen molar-refractivity contribution in [1.29, 1.82) is 0 Å². The van der Waals surface area contributed by atoms with Gasteiger partial charge in [0.25, 0.3) is 11.8 Å². The number of nitrogens with one attached hydrogen (secondary N) is 2. The first-order valence-corrected chi connectivity index (χ1v) is 14.1. The molecule has 7 rings (SSSR count). The van der Waals surface area contributed by atoms with E-state index in [4.69, 9.17) is 4.42 Å². The fourth-order valence-corrected chi connectivity index (χ4v) is 6.13. The Hall–Kier alpha value is -5.05. The van der Waals surface area contributed by atoms with Crippen LogP contribution in [0.1, 0.15) is 34.8 Å². The number of anilines is 2. The van der Waals surface area contributed by atoms with Crippen LogP contribution in [0.15, 0.2) is 70.3 Å². The average molecular weight is 621 g/mol. The van der Waals surface area contributed by atoms with E-state index in [0.29, 0.717) is 33.1 Å². The van der Waals surface area contributed by atoms with E-state index >= 15 is 0 Å². The number of benzodiazepines with no additional fused rings is 1. The fourth-order valence-electron chi connectivity index (χ4n) is 4.83. The van der Waals surface area contributed by atoms with Crippen molar-refractivity contribution in [2.45, 2.75) is 37.5 Å². The van der Waals surface area contributed by atoms with Crippen LogP contribution < -0.4 is 10.6 Å². The number of nitrogens with zero attached hydrogens (tertiary/aromatic N) is 6.